The van der Waals surface area contributed by atoms with E-state index < -0.39 is 0 Å². The second-order valence-corrected chi connectivity index (χ2v) is 6.40. The van der Waals surface area contributed by atoms with Gasteiger partial charge < -0.3 is 5.32 Å². The van der Waals surface area contributed by atoms with E-state index in [2.05, 4.69) is 64.2 Å². The minimum Gasteiger partial charge on any atom is -0.370 e. The number of hydrogen-bond acceptors (Lipinski definition) is 2. The summed E-state index contributed by atoms with van der Waals surface area (Å²) in [6.07, 6.45) is 2.12. The van der Waals surface area contributed by atoms with Crippen molar-refractivity contribution in [2.75, 3.05) is 11.9 Å². The molecule has 1 N–H and O–H groups in total. The zero-order chi connectivity index (χ0) is 14.8. The minimum absolute atomic E-state index is 0.113. The lowest BCUT2D eigenvalue weighted by Gasteiger charge is -2.21. The minimum atomic E-state index is 0.113. The summed E-state index contributed by atoms with van der Waals surface area (Å²) in [5.74, 6) is 1.05. The van der Waals surface area contributed by atoms with Crippen LogP contribution in [0.15, 0.2) is 24.3 Å². The molecule has 2 aromatic rings. The summed E-state index contributed by atoms with van der Waals surface area (Å²) in [6.45, 7) is 12.1. The van der Waals surface area contributed by atoms with E-state index in [0.29, 0.717) is 0 Å². The molecule has 1 aromatic carbocycles. The third kappa shape index (κ3) is 2.95. The molecule has 0 saturated carbocycles. The fraction of sp³-hybridized carbons (Fsp3) is 0.500. The molecule has 0 aliphatic heterocycles. The number of fused-ring (bicyclic) bond motifs is 1. The first-order chi connectivity index (χ1) is 9.47. The Labute approximate surface area is 122 Å². The van der Waals surface area contributed by atoms with Crippen LogP contribution in [0.2, 0.25) is 0 Å². The lowest BCUT2D eigenvalue weighted by atomic mass is 9.85. The van der Waals surface area contributed by atoms with E-state index in [9.17, 15) is 0 Å². The van der Waals surface area contributed by atoms with Crippen LogP contribution in [0.3, 0.4) is 0 Å². The van der Waals surface area contributed by atoms with Crippen molar-refractivity contribution in [3.05, 3.63) is 35.4 Å². The number of anilines is 1. The van der Waals surface area contributed by atoms with Gasteiger partial charge in [-0.1, -0.05) is 52.8 Å². The van der Waals surface area contributed by atoms with Gasteiger partial charge in [-0.2, -0.15) is 0 Å². The molecule has 0 saturated heterocycles. The highest BCUT2D eigenvalue weighted by molar-refractivity contribution is 5.85. The summed E-state index contributed by atoms with van der Waals surface area (Å²) in [5, 5.41) is 4.72. The molecule has 0 spiro atoms. The van der Waals surface area contributed by atoms with Gasteiger partial charge in [-0.3, -0.25) is 0 Å². The highest BCUT2D eigenvalue weighted by Crippen LogP contribution is 2.31. The van der Waals surface area contributed by atoms with E-state index in [4.69, 9.17) is 4.98 Å². The fourth-order valence-corrected chi connectivity index (χ4v) is 2.51. The predicted octanol–water partition coefficient (Wildman–Crippen LogP) is 4.92. The van der Waals surface area contributed by atoms with Crippen LogP contribution in [0.1, 0.15) is 52.2 Å². The summed E-state index contributed by atoms with van der Waals surface area (Å²) in [7, 11) is 0. The van der Waals surface area contributed by atoms with Crippen molar-refractivity contribution < 1.29 is 0 Å². The van der Waals surface area contributed by atoms with Crippen LogP contribution >= 0.6 is 0 Å². The number of aromatic nitrogens is 1. The van der Waals surface area contributed by atoms with Gasteiger partial charge in [0.25, 0.3) is 0 Å². The number of hydrogen-bond donors (Lipinski definition) is 1. The van der Waals surface area contributed by atoms with Crippen LogP contribution in [-0.2, 0) is 11.8 Å². The second-order valence-electron chi connectivity index (χ2n) is 6.40. The SMILES string of the molecule is CCCNc1nc2c(C(C)(C)C)cccc2cc1CC. The third-order valence-electron chi connectivity index (χ3n) is 3.66. The molecule has 0 bridgehead atoms. The number of para-hydroxylation sites is 1. The largest absolute Gasteiger partial charge is 0.370 e. The Kier molecular flexibility index (Phi) is 4.32. The van der Waals surface area contributed by atoms with Gasteiger partial charge in [-0.05, 0) is 35.4 Å². The maximum absolute atomic E-state index is 4.94. The Balaban J connectivity index is 2.63. The van der Waals surface area contributed by atoms with Crippen LogP contribution in [0.25, 0.3) is 10.9 Å². The standard InChI is InChI=1S/C18H26N2/c1-6-11-19-17-13(7-2)12-14-9-8-10-15(16(14)20-17)18(3,4)5/h8-10,12H,6-7,11H2,1-5H3,(H,19,20). The smallest absolute Gasteiger partial charge is 0.129 e. The maximum Gasteiger partial charge on any atom is 0.129 e. The van der Waals surface area contributed by atoms with Gasteiger partial charge in [0, 0.05) is 11.9 Å². The Morgan fingerprint density at radius 3 is 2.50 bits per heavy atom. The first-order valence-corrected chi connectivity index (χ1v) is 7.64. The number of benzene rings is 1. The normalized spacial score (nSPS) is 11.8. The summed E-state index contributed by atoms with van der Waals surface area (Å²) in [5.41, 5.74) is 3.87. The molecule has 0 unspecified atom stereocenters. The third-order valence-corrected chi connectivity index (χ3v) is 3.66. The van der Waals surface area contributed by atoms with Crippen LogP contribution in [0, 0.1) is 0 Å². The van der Waals surface area contributed by atoms with Crippen LogP contribution < -0.4 is 5.32 Å². The highest BCUT2D eigenvalue weighted by Gasteiger charge is 2.18. The molecule has 0 aliphatic carbocycles. The number of nitrogens with zero attached hydrogens (tertiary/aromatic N) is 1. The first-order valence-electron chi connectivity index (χ1n) is 7.64. The maximum atomic E-state index is 4.94. The molecule has 1 heterocycles. The van der Waals surface area contributed by atoms with E-state index in [1.54, 1.807) is 0 Å². The van der Waals surface area contributed by atoms with Gasteiger partial charge in [-0.25, -0.2) is 4.98 Å². The lowest BCUT2D eigenvalue weighted by molar-refractivity contribution is 0.594. The zero-order valence-electron chi connectivity index (χ0n) is 13.4. The average molecular weight is 270 g/mol. The van der Waals surface area contributed by atoms with Crippen LogP contribution in [-0.4, -0.2) is 11.5 Å². The second kappa shape index (κ2) is 5.82. The van der Waals surface area contributed by atoms with Gasteiger partial charge in [0.15, 0.2) is 0 Å². The molecule has 0 atom stereocenters. The van der Waals surface area contributed by atoms with Crippen LogP contribution in [0.5, 0.6) is 0 Å². The van der Waals surface area contributed by atoms with E-state index in [-0.39, 0.29) is 5.41 Å². The number of aryl methyl sites for hydroxylation is 1. The summed E-state index contributed by atoms with van der Waals surface area (Å²) >= 11 is 0. The first kappa shape index (κ1) is 14.8. The Hall–Kier alpha value is -1.57. The van der Waals surface area contributed by atoms with Crippen molar-refractivity contribution in [2.45, 2.75) is 52.9 Å². The monoisotopic (exact) mass is 270 g/mol. The van der Waals surface area contributed by atoms with Crippen LogP contribution in [0.4, 0.5) is 5.82 Å². The Morgan fingerprint density at radius 2 is 1.90 bits per heavy atom. The quantitative estimate of drug-likeness (QED) is 0.853. The molecule has 2 nitrogen and oxygen atoms in total. The number of rotatable bonds is 4. The molecule has 108 valence electrons. The van der Waals surface area contributed by atoms with Crippen molar-refractivity contribution >= 4 is 16.7 Å². The molecule has 2 heteroatoms. The molecular formula is C18H26N2. The highest BCUT2D eigenvalue weighted by atomic mass is 15.0. The molecule has 0 aliphatic rings. The van der Waals surface area contributed by atoms with E-state index >= 15 is 0 Å². The molecule has 0 fully saturated rings. The zero-order valence-corrected chi connectivity index (χ0v) is 13.4. The fourth-order valence-electron chi connectivity index (χ4n) is 2.51. The molecule has 0 amide bonds. The molecule has 20 heavy (non-hydrogen) atoms. The summed E-state index contributed by atoms with van der Waals surface area (Å²) in [4.78, 5) is 4.94. The van der Waals surface area contributed by atoms with Gasteiger partial charge in [-0.15, -0.1) is 0 Å². The van der Waals surface area contributed by atoms with Gasteiger partial charge in [0.05, 0.1) is 5.52 Å². The Bertz CT molecular complexity index is 594. The van der Waals surface area contributed by atoms with Crippen molar-refractivity contribution in [1.82, 2.24) is 4.98 Å². The van der Waals surface area contributed by atoms with Gasteiger partial charge >= 0.3 is 0 Å². The van der Waals surface area contributed by atoms with Gasteiger partial charge in [0.2, 0.25) is 0 Å². The van der Waals surface area contributed by atoms with Crippen molar-refractivity contribution in [2.24, 2.45) is 0 Å². The van der Waals surface area contributed by atoms with Crippen molar-refractivity contribution in [3.63, 3.8) is 0 Å². The molecular weight excluding hydrogens is 244 g/mol. The molecule has 2 rings (SSSR count). The molecule has 0 radical (unpaired) electrons. The molecule has 1 aromatic heterocycles. The van der Waals surface area contributed by atoms with Crippen molar-refractivity contribution in [1.29, 1.82) is 0 Å². The van der Waals surface area contributed by atoms with E-state index in [0.717, 1.165) is 30.7 Å². The summed E-state index contributed by atoms with van der Waals surface area (Å²) < 4.78 is 0. The number of nitrogens with one attached hydrogen (secondary N) is 1. The number of pyridine rings is 1. The van der Waals surface area contributed by atoms with Gasteiger partial charge in [0.1, 0.15) is 5.82 Å². The topological polar surface area (TPSA) is 24.9 Å². The Morgan fingerprint density at radius 1 is 1.15 bits per heavy atom. The lowest BCUT2D eigenvalue weighted by Crippen LogP contribution is -2.13. The average Bonchev–Trinajstić information content (AvgIpc) is 2.42. The van der Waals surface area contributed by atoms with Crippen molar-refractivity contribution in [3.8, 4) is 0 Å². The van der Waals surface area contributed by atoms with E-state index in [1.165, 1.54) is 16.5 Å². The summed E-state index contributed by atoms with van der Waals surface area (Å²) in [6, 6.07) is 8.80. The van der Waals surface area contributed by atoms with E-state index in [1.807, 2.05) is 0 Å². The predicted molar refractivity (Wildman–Crippen MR) is 88.6 cm³/mol.